The maximum atomic E-state index is 12.8. The predicted octanol–water partition coefficient (Wildman–Crippen LogP) is 8.00. The van der Waals surface area contributed by atoms with Crippen LogP contribution in [0.2, 0.25) is 5.02 Å². The zero-order valence-electron chi connectivity index (χ0n) is 25.2. The summed E-state index contributed by atoms with van der Waals surface area (Å²) in [7, 11) is 1.67. The van der Waals surface area contributed by atoms with Gasteiger partial charge >= 0.3 is 5.97 Å². The molecule has 0 unspecified atom stereocenters. The van der Waals surface area contributed by atoms with Crippen molar-refractivity contribution in [2.45, 2.75) is 56.4 Å². The number of carboxylic acids is 1. The van der Waals surface area contributed by atoms with E-state index < -0.39 is 11.5 Å². The summed E-state index contributed by atoms with van der Waals surface area (Å²) in [6, 6.07) is 17.7. The standard InChI is InChI=1S/C35H39ClN2O5S/c1-23(22-43-31-8-14-37-30-9-17-44-32(30)31)18-25-19-24-6-7-28(42-16-15-41-2)21-29(24)34(25)10-12-35(13-11-34,33(39)40)38-27-5-3-4-26(36)20-27/h3-9,14,17,20-21,23,25,38H,10-13,15-16,18-19,22H2,1-2H3,(H,39,40)/t23-,25-,34?,35?/m1/s1. The number of benzene rings is 2. The van der Waals surface area contributed by atoms with Crippen molar-refractivity contribution in [3.63, 3.8) is 0 Å². The van der Waals surface area contributed by atoms with Crippen LogP contribution < -0.4 is 14.8 Å². The highest BCUT2D eigenvalue weighted by Gasteiger charge is 2.54. The second-order valence-electron chi connectivity index (χ2n) is 12.3. The van der Waals surface area contributed by atoms with Gasteiger partial charge in [0.05, 0.1) is 23.4 Å². The van der Waals surface area contributed by atoms with Crippen LogP contribution in [-0.2, 0) is 21.4 Å². The van der Waals surface area contributed by atoms with Gasteiger partial charge in [-0.2, -0.15) is 0 Å². The molecule has 2 aliphatic carbocycles. The van der Waals surface area contributed by atoms with E-state index in [1.165, 1.54) is 11.1 Å². The first kappa shape index (κ1) is 30.7. The first-order valence-electron chi connectivity index (χ1n) is 15.3. The molecule has 1 saturated carbocycles. The van der Waals surface area contributed by atoms with E-state index in [1.54, 1.807) is 36.8 Å². The molecule has 232 valence electrons. The summed E-state index contributed by atoms with van der Waals surface area (Å²) in [5.74, 6) is 1.57. The van der Waals surface area contributed by atoms with Gasteiger partial charge in [0.25, 0.3) is 0 Å². The number of fused-ring (bicyclic) bond motifs is 3. The van der Waals surface area contributed by atoms with Crippen LogP contribution in [-0.4, -0.2) is 48.5 Å². The molecule has 0 amide bonds. The van der Waals surface area contributed by atoms with E-state index in [2.05, 4.69) is 35.4 Å². The Labute approximate surface area is 267 Å². The van der Waals surface area contributed by atoms with E-state index in [9.17, 15) is 9.90 Å². The fourth-order valence-electron chi connectivity index (χ4n) is 7.30. The van der Waals surface area contributed by atoms with E-state index in [0.29, 0.717) is 49.5 Å². The summed E-state index contributed by atoms with van der Waals surface area (Å²) >= 11 is 7.89. The predicted molar refractivity (Wildman–Crippen MR) is 175 cm³/mol. The molecule has 2 aromatic heterocycles. The lowest BCUT2D eigenvalue weighted by Gasteiger charge is -2.47. The molecule has 4 aromatic rings. The van der Waals surface area contributed by atoms with Crippen LogP contribution in [0.3, 0.4) is 0 Å². The lowest BCUT2D eigenvalue weighted by molar-refractivity contribution is -0.144. The Kier molecular flexibility index (Phi) is 9.03. The van der Waals surface area contributed by atoms with Crippen molar-refractivity contribution in [2.24, 2.45) is 11.8 Å². The van der Waals surface area contributed by atoms with Crippen molar-refractivity contribution in [3.05, 3.63) is 82.3 Å². The Hall–Kier alpha value is -3.33. The maximum Gasteiger partial charge on any atom is 0.329 e. The van der Waals surface area contributed by atoms with Gasteiger partial charge in [0.1, 0.15) is 23.6 Å². The van der Waals surface area contributed by atoms with Gasteiger partial charge in [0.2, 0.25) is 0 Å². The van der Waals surface area contributed by atoms with E-state index >= 15 is 0 Å². The van der Waals surface area contributed by atoms with Crippen LogP contribution in [0.15, 0.2) is 66.2 Å². The fraction of sp³-hybridized carbons (Fsp3) is 0.429. The molecule has 0 aliphatic heterocycles. The number of carbonyl (C=O) groups is 1. The molecule has 1 spiro atoms. The van der Waals surface area contributed by atoms with Gasteiger partial charge in [0, 0.05) is 24.0 Å². The molecule has 2 aromatic carbocycles. The molecule has 0 saturated heterocycles. The second kappa shape index (κ2) is 13.0. The molecular weight excluding hydrogens is 596 g/mol. The molecular formula is C35H39ClN2O5S. The van der Waals surface area contributed by atoms with Crippen LogP contribution in [0.25, 0.3) is 10.2 Å². The van der Waals surface area contributed by atoms with Crippen molar-refractivity contribution in [2.75, 3.05) is 32.2 Å². The minimum absolute atomic E-state index is 0.142. The monoisotopic (exact) mass is 634 g/mol. The number of aromatic nitrogens is 1. The Morgan fingerprint density at radius 1 is 1.11 bits per heavy atom. The van der Waals surface area contributed by atoms with Gasteiger partial charge in [-0.15, -0.1) is 11.3 Å². The van der Waals surface area contributed by atoms with Gasteiger partial charge in [0.15, 0.2) is 0 Å². The largest absolute Gasteiger partial charge is 0.492 e. The molecule has 6 rings (SSSR count). The van der Waals surface area contributed by atoms with Crippen molar-refractivity contribution in [3.8, 4) is 11.5 Å². The van der Waals surface area contributed by atoms with Crippen molar-refractivity contribution in [1.82, 2.24) is 4.98 Å². The van der Waals surface area contributed by atoms with Crippen molar-refractivity contribution in [1.29, 1.82) is 0 Å². The number of aliphatic carboxylic acids is 1. The number of thiophene rings is 1. The van der Waals surface area contributed by atoms with E-state index in [-0.39, 0.29) is 5.41 Å². The summed E-state index contributed by atoms with van der Waals surface area (Å²) in [6.45, 7) is 3.88. The number of methoxy groups -OCH3 is 1. The zero-order chi connectivity index (χ0) is 30.7. The van der Waals surface area contributed by atoms with Crippen LogP contribution in [0.5, 0.6) is 11.5 Å². The molecule has 2 N–H and O–H groups in total. The van der Waals surface area contributed by atoms with Crippen LogP contribution in [0.4, 0.5) is 5.69 Å². The molecule has 0 bridgehead atoms. The highest BCUT2D eigenvalue weighted by Crippen LogP contribution is 2.56. The van der Waals surface area contributed by atoms with Gasteiger partial charge in [-0.05, 0) is 115 Å². The van der Waals surface area contributed by atoms with Gasteiger partial charge < -0.3 is 24.6 Å². The van der Waals surface area contributed by atoms with E-state index in [0.717, 1.165) is 53.1 Å². The minimum atomic E-state index is -1.06. The number of halogens is 1. The molecule has 0 radical (unpaired) electrons. The highest BCUT2D eigenvalue weighted by molar-refractivity contribution is 7.17. The summed E-state index contributed by atoms with van der Waals surface area (Å²) < 4.78 is 18.7. The van der Waals surface area contributed by atoms with Gasteiger partial charge in [-0.3, -0.25) is 4.98 Å². The lowest BCUT2D eigenvalue weighted by atomic mass is 9.59. The number of nitrogens with one attached hydrogen (secondary N) is 1. The topological polar surface area (TPSA) is 89.9 Å². The average Bonchev–Trinajstić information content (AvgIpc) is 3.61. The summed E-state index contributed by atoms with van der Waals surface area (Å²) in [6.07, 6.45) is 6.30. The number of pyridine rings is 1. The van der Waals surface area contributed by atoms with Gasteiger partial charge in [-0.25, -0.2) is 4.79 Å². The second-order valence-corrected chi connectivity index (χ2v) is 13.7. The normalized spacial score (nSPS) is 23.4. The molecule has 1 fully saturated rings. The molecule has 2 heterocycles. The molecule has 2 atom stereocenters. The Bertz CT molecular complexity index is 1620. The van der Waals surface area contributed by atoms with E-state index in [4.69, 9.17) is 25.8 Å². The first-order chi connectivity index (χ1) is 21.3. The minimum Gasteiger partial charge on any atom is -0.492 e. The van der Waals surface area contributed by atoms with Crippen LogP contribution in [0, 0.1) is 11.8 Å². The quantitative estimate of drug-likeness (QED) is 0.153. The number of hydrogen-bond acceptors (Lipinski definition) is 7. The Morgan fingerprint density at radius 2 is 1.95 bits per heavy atom. The lowest BCUT2D eigenvalue weighted by Crippen LogP contribution is -2.53. The summed E-state index contributed by atoms with van der Waals surface area (Å²) in [4.78, 5) is 17.3. The third kappa shape index (κ3) is 6.12. The van der Waals surface area contributed by atoms with Crippen LogP contribution >= 0.6 is 22.9 Å². The van der Waals surface area contributed by atoms with Gasteiger partial charge in [-0.1, -0.05) is 30.7 Å². The average molecular weight is 635 g/mol. The Balaban J connectivity index is 1.24. The molecule has 7 nitrogen and oxygen atoms in total. The Morgan fingerprint density at radius 3 is 2.73 bits per heavy atom. The van der Waals surface area contributed by atoms with Crippen molar-refractivity contribution < 1.29 is 24.1 Å². The van der Waals surface area contributed by atoms with Crippen molar-refractivity contribution >= 4 is 44.8 Å². The summed E-state index contributed by atoms with van der Waals surface area (Å²) in [5, 5.41) is 16.5. The first-order valence-corrected chi connectivity index (χ1v) is 16.5. The fourth-order valence-corrected chi connectivity index (χ4v) is 8.31. The number of anilines is 1. The highest BCUT2D eigenvalue weighted by atomic mass is 35.5. The maximum absolute atomic E-state index is 12.8. The number of carboxylic acid groups (broad SMARTS) is 1. The SMILES string of the molecule is COCCOc1ccc2c(c1)C1(CCC(Nc3cccc(Cl)c3)(C(=O)O)CC1)[C@H](C[C@@H](C)COc1ccnc3ccsc13)C2. The third-order valence-corrected chi connectivity index (χ3v) is 10.7. The zero-order valence-corrected chi connectivity index (χ0v) is 26.8. The molecule has 9 heteroatoms. The molecule has 2 aliphatic rings. The summed E-state index contributed by atoms with van der Waals surface area (Å²) in [5.41, 5.74) is 3.14. The number of rotatable bonds is 12. The van der Waals surface area contributed by atoms with Crippen LogP contribution in [0.1, 0.15) is 50.2 Å². The number of hydrogen-bond donors (Lipinski definition) is 2. The smallest absolute Gasteiger partial charge is 0.329 e. The van der Waals surface area contributed by atoms with E-state index in [1.807, 2.05) is 29.6 Å². The third-order valence-electron chi connectivity index (χ3n) is 9.55. The molecule has 44 heavy (non-hydrogen) atoms. The number of nitrogens with zero attached hydrogens (tertiary/aromatic N) is 1. The number of ether oxygens (including phenoxy) is 3.